The maximum atomic E-state index is 13.4. The Labute approximate surface area is 387 Å². The highest BCUT2D eigenvalue weighted by molar-refractivity contribution is 6.33. The molecule has 0 amide bonds. The van der Waals surface area contributed by atoms with E-state index in [0.29, 0.717) is 107 Å². The van der Waals surface area contributed by atoms with Crippen molar-refractivity contribution in [2.24, 2.45) is 0 Å². The van der Waals surface area contributed by atoms with E-state index in [2.05, 4.69) is 42.5 Å². The van der Waals surface area contributed by atoms with Gasteiger partial charge in [-0.05, 0) is 102 Å². The first kappa shape index (κ1) is 51.4. The van der Waals surface area contributed by atoms with E-state index in [-0.39, 0.29) is 49.6 Å². The van der Waals surface area contributed by atoms with Crippen molar-refractivity contribution < 1.29 is 39.6 Å². The molecule has 2 aliphatic rings. The van der Waals surface area contributed by atoms with Crippen LogP contribution in [0, 0.1) is 0 Å². The van der Waals surface area contributed by atoms with Crippen LogP contribution >= 0.6 is 0 Å². The largest absolute Gasteiger partial charge is 0.396 e. The number of carbonyl (C=O) groups is 4. The molecule has 0 spiro atoms. The summed E-state index contributed by atoms with van der Waals surface area (Å²) in [6.07, 6.45) is 4.78. The zero-order valence-corrected chi connectivity index (χ0v) is 37.9. The van der Waals surface area contributed by atoms with E-state index >= 15 is 0 Å². The van der Waals surface area contributed by atoms with Gasteiger partial charge in [-0.15, -0.1) is 0 Å². The number of hydrogen-bond donors (Lipinski definition) is 12. The molecule has 0 heterocycles. The van der Waals surface area contributed by atoms with Crippen molar-refractivity contribution in [3.8, 4) is 0 Å². The maximum absolute atomic E-state index is 13.4. The number of aliphatic hydroxyl groups excluding tert-OH is 4. The van der Waals surface area contributed by atoms with Crippen molar-refractivity contribution in [3.05, 3.63) is 117 Å². The number of ketones is 4. The van der Waals surface area contributed by atoms with Crippen LogP contribution in [0.25, 0.3) is 0 Å². The van der Waals surface area contributed by atoms with Gasteiger partial charge in [0.15, 0.2) is 23.1 Å². The average molecular weight is 909 g/mol. The van der Waals surface area contributed by atoms with E-state index < -0.39 is 0 Å². The van der Waals surface area contributed by atoms with Gasteiger partial charge in [0.2, 0.25) is 0 Å². The Bertz CT molecular complexity index is 2050. The first-order valence-corrected chi connectivity index (χ1v) is 23.3. The Balaban J connectivity index is 0.000000248. The summed E-state index contributed by atoms with van der Waals surface area (Å²) in [5.74, 6) is -0.570. The number of aliphatic hydroxyl groups is 4. The fourth-order valence-electron chi connectivity index (χ4n) is 7.85. The van der Waals surface area contributed by atoms with E-state index in [1.165, 1.54) is 0 Å². The first-order chi connectivity index (χ1) is 32.4. The van der Waals surface area contributed by atoms with E-state index in [4.69, 9.17) is 20.4 Å². The van der Waals surface area contributed by atoms with Crippen molar-refractivity contribution in [1.82, 2.24) is 21.3 Å². The summed E-state index contributed by atoms with van der Waals surface area (Å²) in [5.41, 5.74) is 6.12. The summed E-state index contributed by atoms with van der Waals surface area (Å²) in [5, 5.41) is 61.5. The Morgan fingerprint density at radius 1 is 0.288 bits per heavy atom. The Morgan fingerprint density at radius 2 is 0.530 bits per heavy atom. The Morgan fingerprint density at radius 3 is 0.773 bits per heavy atom. The molecule has 0 saturated heterocycles. The summed E-state index contributed by atoms with van der Waals surface area (Å²) < 4.78 is 0. The minimum Gasteiger partial charge on any atom is -0.396 e. The highest BCUT2D eigenvalue weighted by Crippen LogP contribution is 2.38. The number of anilines is 4. The molecule has 6 rings (SSSR count). The average Bonchev–Trinajstić information content (AvgIpc) is 3.34. The molecule has 0 unspecified atom stereocenters. The molecule has 4 aromatic carbocycles. The number of hydrogen-bond acceptors (Lipinski definition) is 16. The zero-order chi connectivity index (χ0) is 46.9. The standard InChI is InChI=1S/C26H36N4O4.C24H32N4O4/c31-17-5-13-27-11-3-15-29-21-9-10-22(30-16-4-12-28-14-6-18-32)24-23(21)25(33)19-7-1-2-8-20(19)26(24)34;29-15-13-25-9-3-11-27-19-7-8-20(28-12-4-10-26-14-16-30)22-21(19)23(31)17-5-1-2-6-18(17)24(22)32/h1-2,7-10,27-32H,3-6,11-18H2;1-2,5-8,25-30H,3-4,9-16H2. The van der Waals surface area contributed by atoms with Crippen LogP contribution in [0.4, 0.5) is 22.7 Å². The molecular weight excluding hydrogens is 841 g/mol. The van der Waals surface area contributed by atoms with Gasteiger partial charge < -0.3 is 63.0 Å². The minimum absolute atomic E-state index is 0.100. The molecule has 0 saturated carbocycles. The summed E-state index contributed by atoms with van der Waals surface area (Å²) in [4.78, 5) is 53.6. The van der Waals surface area contributed by atoms with Gasteiger partial charge in [-0.1, -0.05) is 48.5 Å². The number of rotatable bonds is 30. The molecule has 0 aromatic heterocycles. The fraction of sp³-hybridized carbons (Fsp3) is 0.440. The van der Waals surface area contributed by atoms with E-state index in [1.54, 1.807) is 48.5 Å². The number of fused-ring (bicyclic) bond motifs is 4. The maximum Gasteiger partial charge on any atom is 0.196 e. The van der Waals surface area contributed by atoms with Crippen LogP contribution in [0.3, 0.4) is 0 Å². The molecule has 16 nitrogen and oxygen atoms in total. The van der Waals surface area contributed by atoms with Crippen LogP contribution in [0.15, 0.2) is 72.8 Å². The number of benzene rings is 4. The second-order valence-electron chi connectivity index (χ2n) is 16.0. The van der Waals surface area contributed by atoms with Gasteiger partial charge in [-0.25, -0.2) is 0 Å². The third kappa shape index (κ3) is 14.2. The van der Waals surface area contributed by atoms with E-state index in [0.717, 1.165) is 77.8 Å². The van der Waals surface area contributed by atoms with Gasteiger partial charge in [0.05, 0.1) is 35.5 Å². The number of carbonyl (C=O) groups excluding carboxylic acids is 4. The predicted octanol–water partition coefficient (Wildman–Crippen LogP) is 3.24. The predicted molar refractivity (Wildman–Crippen MR) is 261 cm³/mol. The molecular formula is C50H68N8O8. The molecule has 0 fully saturated rings. The van der Waals surface area contributed by atoms with Gasteiger partial charge in [0, 0.05) is 97.5 Å². The zero-order valence-electron chi connectivity index (χ0n) is 37.9. The van der Waals surface area contributed by atoms with Crippen molar-refractivity contribution in [3.63, 3.8) is 0 Å². The van der Waals surface area contributed by atoms with Crippen molar-refractivity contribution in [2.75, 3.05) is 126 Å². The van der Waals surface area contributed by atoms with E-state index in [9.17, 15) is 19.2 Å². The fourth-order valence-corrected chi connectivity index (χ4v) is 7.85. The van der Waals surface area contributed by atoms with Crippen LogP contribution in [-0.4, -0.2) is 149 Å². The van der Waals surface area contributed by atoms with Gasteiger partial charge >= 0.3 is 0 Å². The Kier molecular flexibility index (Phi) is 22.2. The van der Waals surface area contributed by atoms with Crippen molar-refractivity contribution in [2.45, 2.75) is 38.5 Å². The van der Waals surface area contributed by atoms with Gasteiger partial charge in [0.1, 0.15) is 0 Å². The second-order valence-corrected chi connectivity index (χ2v) is 16.0. The quantitative estimate of drug-likeness (QED) is 0.0290. The third-order valence-corrected chi connectivity index (χ3v) is 11.1. The summed E-state index contributed by atoms with van der Waals surface area (Å²) in [6, 6.07) is 21.4. The topological polar surface area (TPSA) is 245 Å². The lowest BCUT2D eigenvalue weighted by molar-refractivity contribution is 0.0980. The molecule has 4 aromatic rings. The van der Waals surface area contributed by atoms with Gasteiger partial charge in [-0.3, -0.25) is 19.2 Å². The molecule has 0 atom stereocenters. The molecule has 356 valence electrons. The monoisotopic (exact) mass is 909 g/mol. The summed E-state index contributed by atoms with van der Waals surface area (Å²) >= 11 is 0. The van der Waals surface area contributed by atoms with Crippen LogP contribution in [0.2, 0.25) is 0 Å². The molecule has 12 N–H and O–H groups in total. The smallest absolute Gasteiger partial charge is 0.196 e. The first-order valence-electron chi connectivity index (χ1n) is 23.3. The van der Waals surface area contributed by atoms with Crippen LogP contribution in [0.5, 0.6) is 0 Å². The van der Waals surface area contributed by atoms with Gasteiger partial charge in [-0.2, -0.15) is 0 Å². The summed E-state index contributed by atoms with van der Waals surface area (Å²) in [7, 11) is 0. The number of nitrogens with one attached hydrogen (secondary N) is 8. The highest BCUT2D eigenvalue weighted by Gasteiger charge is 2.35. The molecule has 0 radical (unpaired) electrons. The lowest BCUT2D eigenvalue weighted by atomic mass is 9.82. The lowest BCUT2D eigenvalue weighted by Crippen LogP contribution is -2.26. The minimum atomic E-state index is -0.149. The third-order valence-electron chi connectivity index (χ3n) is 11.1. The lowest BCUT2D eigenvalue weighted by Gasteiger charge is -2.24. The summed E-state index contributed by atoms with van der Waals surface area (Å²) in [6.45, 7) is 8.89. The second kappa shape index (κ2) is 28.5. The van der Waals surface area contributed by atoms with Crippen LogP contribution in [-0.2, 0) is 0 Å². The normalized spacial score (nSPS) is 12.4. The molecule has 66 heavy (non-hydrogen) atoms. The Hall–Kier alpha value is -5.56. The molecule has 0 bridgehead atoms. The van der Waals surface area contributed by atoms with Crippen LogP contribution in [0.1, 0.15) is 102 Å². The molecule has 0 aliphatic heterocycles. The molecule has 2 aliphatic carbocycles. The van der Waals surface area contributed by atoms with Crippen molar-refractivity contribution >= 4 is 45.9 Å². The molecule has 16 heteroatoms. The van der Waals surface area contributed by atoms with E-state index in [1.807, 2.05) is 24.3 Å². The van der Waals surface area contributed by atoms with Crippen molar-refractivity contribution in [1.29, 1.82) is 0 Å². The SMILES string of the molecule is O=C1c2ccccc2C(=O)c2c(NCCCNCCCO)ccc(NCCCNCCCO)c21.O=C1c2ccccc2C(=O)c2c(NCCCNCCO)ccc(NCCCNCCO)c21. The van der Waals surface area contributed by atoms with Crippen LogP contribution < -0.4 is 42.5 Å². The highest BCUT2D eigenvalue weighted by atomic mass is 16.3. The van der Waals surface area contributed by atoms with Gasteiger partial charge in [0.25, 0.3) is 0 Å².